The van der Waals surface area contributed by atoms with Gasteiger partial charge in [0.05, 0.1) is 0 Å². The molecule has 17 heavy (non-hydrogen) atoms. The molecule has 0 spiro atoms. The van der Waals surface area contributed by atoms with Crippen molar-refractivity contribution in [1.29, 1.82) is 0 Å². The molecule has 0 amide bonds. The smallest absolute Gasteiger partial charge is 0.170 e. The molecule has 4 N–H and O–H groups in total. The first-order chi connectivity index (χ1) is 8.08. The number of aliphatic hydroxyl groups is 1. The quantitative estimate of drug-likeness (QED) is 0.247. The number of hydrogen-bond donors (Lipinski definition) is 3. The summed E-state index contributed by atoms with van der Waals surface area (Å²) in [6.45, 7) is 1.96. The number of amidine groups is 1. The van der Waals surface area contributed by atoms with Crippen LogP contribution in [0.15, 0.2) is 28.3 Å². The minimum absolute atomic E-state index is 0.0802. The van der Waals surface area contributed by atoms with Crippen LogP contribution in [-0.4, -0.2) is 28.5 Å². The summed E-state index contributed by atoms with van der Waals surface area (Å²) in [5.41, 5.74) is 5.69. The highest BCUT2D eigenvalue weighted by atomic mass is 32.2. The Balaban J connectivity index is 2.76. The Labute approximate surface area is 103 Å². The van der Waals surface area contributed by atoms with Gasteiger partial charge in [-0.25, -0.2) is 4.39 Å². The summed E-state index contributed by atoms with van der Waals surface area (Å²) < 4.78 is 13.6. The summed E-state index contributed by atoms with van der Waals surface area (Å²) in [6, 6.07) is 4.39. The molecule has 0 radical (unpaired) electrons. The van der Waals surface area contributed by atoms with Crippen molar-refractivity contribution in [2.75, 3.05) is 12.4 Å². The molecular formula is C11H15FN2O2S. The Hall–Kier alpha value is -1.27. The molecule has 1 unspecified atom stereocenters. The van der Waals surface area contributed by atoms with Gasteiger partial charge < -0.3 is 16.0 Å². The van der Waals surface area contributed by atoms with Gasteiger partial charge in [-0.05, 0) is 24.1 Å². The molecule has 1 aromatic rings. The second-order valence-corrected chi connectivity index (χ2v) is 4.79. The second kappa shape index (κ2) is 6.46. The molecule has 0 fully saturated rings. The number of nitrogens with zero attached hydrogens (tertiary/aromatic N) is 1. The fourth-order valence-corrected chi connectivity index (χ4v) is 2.05. The lowest BCUT2D eigenvalue weighted by Gasteiger charge is -2.08. The van der Waals surface area contributed by atoms with Crippen LogP contribution in [0.5, 0.6) is 0 Å². The van der Waals surface area contributed by atoms with E-state index in [4.69, 9.17) is 16.0 Å². The Morgan fingerprint density at radius 1 is 1.59 bits per heavy atom. The number of halogens is 1. The molecule has 0 aliphatic carbocycles. The van der Waals surface area contributed by atoms with Crippen molar-refractivity contribution >= 4 is 17.6 Å². The number of rotatable bonds is 5. The second-order valence-electron chi connectivity index (χ2n) is 3.73. The van der Waals surface area contributed by atoms with E-state index in [9.17, 15) is 4.39 Å². The summed E-state index contributed by atoms with van der Waals surface area (Å²) in [4.78, 5) is 0.486. The molecule has 0 aromatic heterocycles. The Kier molecular flexibility index (Phi) is 5.24. The van der Waals surface area contributed by atoms with Crippen molar-refractivity contribution in [3.8, 4) is 0 Å². The monoisotopic (exact) mass is 258 g/mol. The number of benzene rings is 1. The van der Waals surface area contributed by atoms with E-state index in [1.807, 2.05) is 6.92 Å². The summed E-state index contributed by atoms with van der Waals surface area (Å²) in [5, 5.41) is 20.1. The zero-order chi connectivity index (χ0) is 12.8. The predicted molar refractivity (Wildman–Crippen MR) is 65.9 cm³/mol. The average molecular weight is 258 g/mol. The topological polar surface area (TPSA) is 78.8 Å². The lowest BCUT2D eigenvalue weighted by molar-refractivity contribution is 0.250. The van der Waals surface area contributed by atoms with E-state index in [1.165, 1.54) is 17.8 Å². The first-order valence-electron chi connectivity index (χ1n) is 5.09. The number of hydrogen-bond acceptors (Lipinski definition) is 4. The van der Waals surface area contributed by atoms with Crippen LogP contribution >= 0.6 is 11.8 Å². The molecule has 94 valence electrons. The summed E-state index contributed by atoms with van der Waals surface area (Å²) in [6.07, 6.45) is 0. The van der Waals surface area contributed by atoms with Gasteiger partial charge in [-0.2, -0.15) is 0 Å². The molecule has 0 aliphatic rings. The van der Waals surface area contributed by atoms with E-state index in [0.717, 1.165) is 0 Å². The minimum atomic E-state index is -0.413. The highest BCUT2D eigenvalue weighted by Crippen LogP contribution is 2.24. The van der Waals surface area contributed by atoms with E-state index in [1.54, 1.807) is 12.1 Å². The van der Waals surface area contributed by atoms with Crippen molar-refractivity contribution in [2.45, 2.75) is 11.8 Å². The lowest BCUT2D eigenvalue weighted by atomic mass is 10.2. The maximum Gasteiger partial charge on any atom is 0.170 e. The van der Waals surface area contributed by atoms with E-state index in [-0.39, 0.29) is 18.4 Å². The van der Waals surface area contributed by atoms with Gasteiger partial charge in [0.1, 0.15) is 5.82 Å². The van der Waals surface area contributed by atoms with Gasteiger partial charge >= 0.3 is 0 Å². The standard InChI is InChI=1S/C11H15FN2O2S/c1-7(5-15)6-17-10-3-2-8(4-9(10)12)11(13)14-16/h2-4,7,15-16H,5-6H2,1H3,(H2,13,14). The van der Waals surface area contributed by atoms with Crippen molar-refractivity contribution < 1.29 is 14.7 Å². The van der Waals surface area contributed by atoms with E-state index >= 15 is 0 Å². The van der Waals surface area contributed by atoms with Crippen LogP contribution in [0.1, 0.15) is 12.5 Å². The highest BCUT2D eigenvalue weighted by Gasteiger charge is 2.08. The van der Waals surface area contributed by atoms with E-state index in [2.05, 4.69) is 5.16 Å². The average Bonchev–Trinajstić information content (AvgIpc) is 2.35. The van der Waals surface area contributed by atoms with Crippen molar-refractivity contribution in [1.82, 2.24) is 0 Å². The van der Waals surface area contributed by atoms with Gasteiger partial charge in [0.15, 0.2) is 5.84 Å². The Morgan fingerprint density at radius 2 is 2.29 bits per heavy atom. The van der Waals surface area contributed by atoms with Crippen LogP contribution in [-0.2, 0) is 0 Å². The molecule has 1 atom stereocenters. The molecular weight excluding hydrogens is 243 g/mol. The summed E-state index contributed by atoms with van der Waals surface area (Å²) >= 11 is 1.33. The minimum Gasteiger partial charge on any atom is -0.409 e. The lowest BCUT2D eigenvalue weighted by Crippen LogP contribution is -2.13. The van der Waals surface area contributed by atoms with Gasteiger partial charge in [0.25, 0.3) is 0 Å². The van der Waals surface area contributed by atoms with Crippen LogP contribution < -0.4 is 5.73 Å². The maximum absolute atomic E-state index is 13.6. The third-order valence-electron chi connectivity index (χ3n) is 2.17. The van der Waals surface area contributed by atoms with Crippen LogP contribution in [0.3, 0.4) is 0 Å². The van der Waals surface area contributed by atoms with Gasteiger partial charge in [-0.15, -0.1) is 11.8 Å². The Morgan fingerprint density at radius 3 is 2.82 bits per heavy atom. The number of thioether (sulfide) groups is 1. The molecule has 0 bridgehead atoms. The predicted octanol–water partition coefficient (Wildman–Crippen LogP) is 1.64. The highest BCUT2D eigenvalue weighted by molar-refractivity contribution is 7.99. The van der Waals surface area contributed by atoms with Crippen molar-refractivity contribution in [2.24, 2.45) is 16.8 Å². The number of aliphatic hydroxyl groups excluding tert-OH is 1. The molecule has 6 heteroatoms. The van der Waals surface area contributed by atoms with E-state index in [0.29, 0.717) is 16.2 Å². The van der Waals surface area contributed by atoms with Crippen LogP contribution in [0.4, 0.5) is 4.39 Å². The van der Waals surface area contributed by atoms with Gasteiger partial charge in [0.2, 0.25) is 0 Å². The van der Waals surface area contributed by atoms with Crippen molar-refractivity contribution in [3.63, 3.8) is 0 Å². The van der Waals surface area contributed by atoms with Crippen molar-refractivity contribution in [3.05, 3.63) is 29.6 Å². The Bertz CT molecular complexity index is 412. The molecule has 0 saturated heterocycles. The summed E-state index contributed by atoms with van der Waals surface area (Å²) in [5.74, 6) is 0.215. The van der Waals surface area contributed by atoms with Gasteiger partial charge in [-0.3, -0.25) is 0 Å². The number of oxime groups is 1. The van der Waals surface area contributed by atoms with Gasteiger partial charge in [0, 0.05) is 22.8 Å². The van der Waals surface area contributed by atoms with Crippen LogP contribution in [0.25, 0.3) is 0 Å². The molecule has 1 aromatic carbocycles. The summed E-state index contributed by atoms with van der Waals surface area (Å²) in [7, 11) is 0. The van der Waals surface area contributed by atoms with E-state index < -0.39 is 5.82 Å². The zero-order valence-electron chi connectivity index (χ0n) is 9.43. The fraction of sp³-hybridized carbons (Fsp3) is 0.364. The van der Waals surface area contributed by atoms with Crippen LogP contribution in [0.2, 0.25) is 0 Å². The SMILES string of the molecule is CC(CO)CSc1ccc(C(N)=NO)cc1F. The van der Waals surface area contributed by atoms with Gasteiger partial charge in [-0.1, -0.05) is 12.1 Å². The maximum atomic E-state index is 13.6. The largest absolute Gasteiger partial charge is 0.409 e. The van der Waals surface area contributed by atoms with Crippen LogP contribution in [0, 0.1) is 11.7 Å². The fourth-order valence-electron chi connectivity index (χ4n) is 1.12. The molecule has 0 heterocycles. The first-order valence-corrected chi connectivity index (χ1v) is 6.08. The third-order valence-corrected chi connectivity index (χ3v) is 3.55. The molecule has 4 nitrogen and oxygen atoms in total. The molecule has 0 aliphatic heterocycles. The molecule has 0 saturated carbocycles. The zero-order valence-corrected chi connectivity index (χ0v) is 10.2. The molecule has 1 rings (SSSR count). The third kappa shape index (κ3) is 3.90. The normalized spacial score (nSPS) is 13.7. The first kappa shape index (κ1) is 13.8. The number of nitrogens with two attached hydrogens (primary N) is 1.